The Labute approximate surface area is 152 Å². The van der Waals surface area contributed by atoms with Crippen LogP contribution in [0, 0.1) is 0 Å². The van der Waals surface area contributed by atoms with Gasteiger partial charge in [-0.3, -0.25) is 4.79 Å². The number of nitrogens with zero attached hydrogens (tertiary/aromatic N) is 2. The molecule has 2 aromatic carbocycles. The molecule has 0 saturated heterocycles. The average molecular weight is 379 g/mol. The summed E-state index contributed by atoms with van der Waals surface area (Å²) >= 11 is 13.3. The number of hydrogen-bond donors (Lipinski definition) is 2. The summed E-state index contributed by atoms with van der Waals surface area (Å²) < 4.78 is 0. The maximum absolute atomic E-state index is 11.8. The van der Waals surface area contributed by atoms with Gasteiger partial charge in [0.25, 0.3) is 5.91 Å². The van der Waals surface area contributed by atoms with Gasteiger partial charge in [0.15, 0.2) is 5.16 Å². The molecule has 0 fully saturated rings. The molecule has 1 amide bonds. The second kappa shape index (κ2) is 7.70. The summed E-state index contributed by atoms with van der Waals surface area (Å²) in [7, 11) is 0. The maximum Gasteiger partial charge on any atom is 0.250 e. The van der Waals surface area contributed by atoms with Gasteiger partial charge in [-0.25, -0.2) is 10.4 Å². The minimum atomic E-state index is -0.250. The number of imidazole rings is 1. The van der Waals surface area contributed by atoms with E-state index in [-0.39, 0.29) is 11.7 Å². The second-order valence-electron chi connectivity index (χ2n) is 4.78. The monoisotopic (exact) mass is 378 g/mol. The molecule has 0 bridgehead atoms. The number of aromatic nitrogens is 2. The van der Waals surface area contributed by atoms with E-state index in [4.69, 9.17) is 23.2 Å². The van der Waals surface area contributed by atoms with Crippen molar-refractivity contribution in [2.24, 2.45) is 5.10 Å². The maximum atomic E-state index is 11.8. The van der Waals surface area contributed by atoms with Gasteiger partial charge in [0.2, 0.25) is 0 Å². The smallest absolute Gasteiger partial charge is 0.250 e. The van der Waals surface area contributed by atoms with Crippen molar-refractivity contribution < 1.29 is 4.79 Å². The Hall–Kier alpha value is -2.02. The van der Waals surface area contributed by atoms with Crippen molar-refractivity contribution in [1.29, 1.82) is 0 Å². The molecule has 0 spiro atoms. The van der Waals surface area contributed by atoms with Crippen LogP contribution < -0.4 is 5.43 Å². The number of aromatic amines is 1. The van der Waals surface area contributed by atoms with Crippen LogP contribution >= 0.6 is 35.0 Å². The molecule has 1 heterocycles. The fourth-order valence-electron chi connectivity index (χ4n) is 1.97. The van der Waals surface area contributed by atoms with E-state index < -0.39 is 0 Å². The van der Waals surface area contributed by atoms with Crippen LogP contribution in [0.4, 0.5) is 0 Å². The van der Waals surface area contributed by atoms with E-state index in [2.05, 4.69) is 20.5 Å². The number of H-pyrrole nitrogens is 1. The Bertz CT molecular complexity index is 857. The third-order valence-electron chi connectivity index (χ3n) is 3.09. The predicted octanol–water partition coefficient (Wildman–Crippen LogP) is 4.11. The van der Waals surface area contributed by atoms with E-state index in [1.165, 1.54) is 18.0 Å². The molecule has 1 aromatic heterocycles. The number of rotatable bonds is 5. The van der Waals surface area contributed by atoms with Crippen LogP contribution in [-0.4, -0.2) is 27.8 Å². The van der Waals surface area contributed by atoms with Crippen molar-refractivity contribution in [3.05, 3.63) is 58.1 Å². The lowest BCUT2D eigenvalue weighted by Crippen LogP contribution is -2.19. The van der Waals surface area contributed by atoms with E-state index in [0.717, 1.165) is 11.0 Å². The molecule has 0 unspecified atom stereocenters. The molecule has 2 N–H and O–H groups in total. The average Bonchev–Trinajstić information content (AvgIpc) is 2.98. The van der Waals surface area contributed by atoms with Crippen LogP contribution in [0.2, 0.25) is 10.0 Å². The van der Waals surface area contributed by atoms with E-state index in [1.54, 1.807) is 18.2 Å². The van der Waals surface area contributed by atoms with Crippen LogP contribution in [0.3, 0.4) is 0 Å². The normalized spacial score (nSPS) is 11.2. The van der Waals surface area contributed by atoms with Crippen molar-refractivity contribution >= 4 is 58.1 Å². The molecule has 0 radical (unpaired) electrons. The Morgan fingerprint density at radius 3 is 2.71 bits per heavy atom. The lowest BCUT2D eigenvalue weighted by molar-refractivity contribution is -0.118. The third-order valence-corrected chi connectivity index (χ3v) is 4.62. The molecule has 0 saturated carbocycles. The lowest BCUT2D eigenvalue weighted by atomic mass is 10.2. The topological polar surface area (TPSA) is 70.1 Å². The number of amides is 1. The van der Waals surface area contributed by atoms with E-state index in [9.17, 15) is 4.79 Å². The number of carbonyl (C=O) groups excluding carboxylic acids is 1. The number of nitrogens with one attached hydrogen (secondary N) is 2. The van der Waals surface area contributed by atoms with Gasteiger partial charge in [-0.05, 0) is 24.3 Å². The van der Waals surface area contributed by atoms with Gasteiger partial charge in [-0.1, -0.05) is 53.2 Å². The van der Waals surface area contributed by atoms with Gasteiger partial charge in [-0.15, -0.1) is 0 Å². The minimum Gasteiger partial charge on any atom is -0.333 e. The van der Waals surface area contributed by atoms with Crippen LogP contribution in [-0.2, 0) is 4.79 Å². The fourth-order valence-corrected chi connectivity index (χ4v) is 3.14. The molecule has 122 valence electrons. The van der Waals surface area contributed by atoms with Gasteiger partial charge in [0.1, 0.15) is 0 Å². The van der Waals surface area contributed by atoms with Crippen molar-refractivity contribution in [2.75, 3.05) is 5.75 Å². The fraction of sp³-hybridized carbons (Fsp3) is 0.0625. The highest BCUT2D eigenvalue weighted by Gasteiger charge is 2.07. The first kappa shape index (κ1) is 16.8. The zero-order valence-electron chi connectivity index (χ0n) is 12.3. The van der Waals surface area contributed by atoms with Gasteiger partial charge in [0.05, 0.1) is 33.0 Å². The number of halogens is 2. The molecular formula is C16H12Cl2N4OS. The zero-order chi connectivity index (χ0) is 16.9. The molecule has 5 nitrogen and oxygen atoms in total. The highest BCUT2D eigenvalue weighted by molar-refractivity contribution is 7.99. The van der Waals surface area contributed by atoms with Crippen molar-refractivity contribution in [3.63, 3.8) is 0 Å². The van der Waals surface area contributed by atoms with E-state index in [1.807, 2.05) is 24.3 Å². The molecule has 0 atom stereocenters. The van der Waals surface area contributed by atoms with Crippen molar-refractivity contribution in [2.45, 2.75) is 5.16 Å². The van der Waals surface area contributed by atoms with Gasteiger partial charge in [-0.2, -0.15) is 5.10 Å². The minimum absolute atomic E-state index is 0.188. The molecular weight excluding hydrogens is 367 g/mol. The molecule has 0 aliphatic heterocycles. The lowest BCUT2D eigenvalue weighted by Gasteiger charge is -2.01. The molecule has 0 aliphatic carbocycles. The van der Waals surface area contributed by atoms with Crippen molar-refractivity contribution in [3.8, 4) is 0 Å². The first-order valence-electron chi connectivity index (χ1n) is 6.97. The molecule has 3 rings (SSSR count). The van der Waals surface area contributed by atoms with Crippen LogP contribution in [0.1, 0.15) is 5.56 Å². The number of para-hydroxylation sites is 2. The second-order valence-corrected chi connectivity index (χ2v) is 6.55. The molecule has 3 aromatic rings. The summed E-state index contributed by atoms with van der Waals surface area (Å²) in [6.45, 7) is 0. The third kappa shape index (κ3) is 4.08. The van der Waals surface area contributed by atoms with Crippen LogP contribution in [0.25, 0.3) is 11.0 Å². The van der Waals surface area contributed by atoms with E-state index in [0.29, 0.717) is 20.8 Å². The van der Waals surface area contributed by atoms with Crippen molar-refractivity contribution in [1.82, 2.24) is 15.4 Å². The zero-order valence-corrected chi connectivity index (χ0v) is 14.6. The summed E-state index contributed by atoms with van der Waals surface area (Å²) in [5.41, 5.74) is 4.81. The van der Waals surface area contributed by atoms with Crippen LogP contribution in [0.5, 0.6) is 0 Å². The first-order valence-corrected chi connectivity index (χ1v) is 8.71. The number of benzene rings is 2. The first-order chi connectivity index (χ1) is 11.6. The Morgan fingerprint density at radius 1 is 1.21 bits per heavy atom. The molecule has 8 heteroatoms. The summed E-state index contributed by atoms with van der Waals surface area (Å²) in [6, 6.07) is 12.8. The number of hydrogen-bond acceptors (Lipinski definition) is 4. The molecule has 24 heavy (non-hydrogen) atoms. The van der Waals surface area contributed by atoms with Gasteiger partial charge in [0, 0.05) is 5.56 Å². The largest absolute Gasteiger partial charge is 0.333 e. The SMILES string of the molecule is O=C(CSc1nc2ccccc2[nH]1)N/N=C\c1c(Cl)cccc1Cl. The predicted molar refractivity (Wildman–Crippen MR) is 99.0 cm³/mol. The van der Waals surface area contributed by atoms with Gasteiger partial charge >= 0.3 is 0 Å². The van der Waals surface area contributed by atoms with Crippen LogP contribution in [0.15, 0.2) is 52.7 Å². The highest BCUT2D eigenvalue weighted by Crippen LogP contribution is 2.22. The Balaban J connectivity index is 1.55. The van der Waals surface area contributed by atoms with E-state index >= 15 is 0 Å². The quantitative estimate of drug-likeness (QED) is 0.398. The van der Waals surface area contributed by atoms with Gasteiger partial charge < -0.3 is 4.98 Å². The summed E-state index contributed by atoms with van der Waals surface area (Å²) in [5.74, 6) is -0.0622. The number of hydrazone groups is 1. The molecule has 0 aliphatic rings. The summed E-state index contributed by atoms with van der Waals surface area (Å²) in [6.07, 6.45) is 1.43. The summed E-state index contributed by atoms with van der Waals surface area (Å²) in [5, 5.41) is 5.50. The number of thioether (sulfide) groups is 1. The Kier molecular flexibility index (Phi) is 5.40. The Morgan fingerprint density at radius 2 is 1.96 bits per heavy atom. The number of fused-ring (bicyclic) bond motifs is 1. The highest BCUT2D eigenvalue weighted by atomic mass is 35.5. The standard InChI is InChI=1S/C16H12Cl2N4OS/c17-11-4-3-5-12(18)10(11)8-19-22-15(23)9-24-16-20-13-6-1-2-7-14(13)21-16/h1-8H,9H2,(H,20,21)(H,22,23)/b19-8-. The summed E-state index contributed by atoms with van der Waals surface area (Å²) in [4.78, 5) is 19.4. The number of carbonyl (C=O) groups is 1.